The molecule has 1 amide bonds. The lowest BCUT2D eigenvalue weighted by molar-refractivity contribution is -0.121. The summed E-state index contributed by atoms with van der Waals surface area (Å²) in [6.45, 7) is 3.32. The van der Waals surface area contributed by atoms with Gasteiger partial charge < -0.3 is 20.5 Å². The van der Waals surface area contributed by atoms with Crippen LogP contribution in [0.25, 0.3) is 0 Å². The fourth-order valence-electron chi connectivity index (χ4n) is 1.93. The van der Waals surface area contributed by atoms with Crippen LogP contribution in [0.3, 0.4) is 0 Å². The van der Waals surface area contributed by atoms with Gasteiger partial charge in [-0.25, -0.2) is 4.98 Å². The summed E-state index contributed by atoms with van der Waals surface area (Å²) >= 11 is 0. The highest BCUT2D eigenvalue weighted by Crippen LogP contribution is 2.23. The maximum absolute atomic E-state index is 11.4. The standard InChI is InChI=1S/C17H21N3O3.ClH/c1-2-22-14-3-5-15(6-4-14)23-17-11-13(8-10-19-17)12-20-16(21)7-9-18;/h3-6,8,10-11H,2,7,9,12,18H2,1H3,(H,20,21);1H. The summed E-state index contributed by atoms with van der Waals surface area (Å²) in [6.07, 6.45) is 1.97. The van der Waals surface area contributed by atoms with E-state index >= 15 is 0 Å². The molecule has 0 spiro atoms. The van der Waals surface area contributed by atoms with E-state index in [1.54, 1.807) is 12.3 Å². The molecule has 0 radical (unpaired) electrons. The first-order chi connectivity index (χ1) is 11.2. The predicted molar refractivity (Wildman–Crippen MR) is 94.7 cm³/mol. The number of pyridine rings is 1. The SMILES string of the molecule is CCOc1ccc(Oc2cc(CNC(=O)CCN)ccn2)cc1.Cl. The quantitative estimate of drug-likeness (QED) is 0.763. The molecule has 0 aliphatic carbocycles. The van der Waals surface area contributed by atoms with Gasteiger partial charge in [0.1, 0.15) is 11.5 Å². The third-order valence-electron chi connectivity index (χ3n) is 3.02. The van der Waals surface area contributed by atoms with Crippen LogP contribution in [-0.4, -0.2) is 24.0 Å². The Morgan fingerprint density at radius 1 is 1.21 bits per heavy atom. The molecule has 1 aromatic carbocycles. The summed E-state index contributed by atoms with van der Waals surface area (Å²) in [7, 11) is 0. The third-order valence-corrected chi connectivity index (χ3v) is 3.02. The van der Waals surface area contributed by atoms with Crippen LogP contribution in [0, 0.1) is 0 Å². The van der Waals surface area contributed by atoms with Crippen molar-refractivity contribution in [2.75, 3.05) is 13.2 Å². The van der Waals surface area contributed by atoms with Gasteiger partial charge in [0.25, 0.3) is 0 Å². The van der Waals surface area contributed by atoms with Gasteiger partial charge in [0.2, 0.25) is 11.8 Å². The van der Waals surface area contributed by atoms with Crippen molar-refractivity contribution in [2.24, 2.45) is 5.73 Å². The second-order valence-corrected chi connectivity index (χ2v) is 4.82. The number of rotatable bonds is 8. The minimum atomic E-state index is -0.0710. The van der Waals surface area contributed by atoms with Crippen molar-refractivity contribution in [3.8, 4) is 17.4 Å². The van der Waals surface area contributed by atoms with E-state index in [4.69, 9.17) is 15.2 Å². The number of nitrogens with one attached hydrogen (secondary N) is 1. The summed E-state index contributed by atoms with van der Waals surface area (Å²) in [5.41, 5.74) is 6.25. The number of carbonyl (C=O) groups excluding carboxylic acids is 1. The second kappa shape index (κ2) is 10.5. The molecular formula is C17H22ClN3O3. The highest BCUT2D eigenvalue weighted by molar-refractivity contribution is 5.85. The maximum Gasteiger partial charge on any atom is 0.221 e. The predicted octanol–water partition coefficient (Wildman–Crippen LogP) is 2.66. The number of hydrogen-bond acceptors (Lipinski definition) is 5. The molecule has 3 N–H and O–H groups in total. The first kappa shape index (κ1) is 19.7. The number of nitrogens with zero attached hydrogens (tertiary/aromatic N) is 1. The Balaban J connectivity index is 0.00000288. The molecule has 0 aliphatic rings. The van der Waals surface area contributed by atoms with Crippen molar-refractivity contribution in [1.82, 2.24) is 10.3 Å². The van der Waals surface area contributed by atoms with Crippen LogP contribution in [0.2, 0.25) is 0 Å². The van der Waals surface area contributed by atoms with Crippen LogP contribution in [0.15, 0.2) is 42.6 Å². The molecule has 0 bridgehead atoms. The van der Waals surface area contributed by atoms with Gasteiger partial charge in [-0.1, -0.05) is 0 Å². The van der Waals surface area contributed by atoms with Crippen molar-refractivity contribution >= 4 is 18.3 Å². The largest absolute Gasteiger partial charge is 0.494 e. The summed E-state index contributed by atoms with van der Waals surface area (Å²) in [4.78, 5) is 15.6. The van der Waals surface area contributed by atoms with Gasteiger partial charge in [-0.15, -0.1) is 12.4 Å². The molecule has 1 heterocycles. The lowest BCUT2D eigenvalue weighted by Gasteiger charge is -2.08. The van der Waals surface area contributed by atoms with Gasteiger partial charge in [-0.2, -0.15) is 0 Å². The highest BCUT2D eigenvalue weighted by atomic mass is 35.5. The smallest absolute Gasteiger partial charge is 0.221 e. The van der Waals surface area contributed by atoms with Crippen LogP contribution in [0.5, 0.6) is 17.4 Å². The fourth-order valence-corrected chi connectivity index (χ4v) is 1.93. The van der Waals surface area contributed by atoms with Crippen molar-refractivity contribution in [3.63, 3.8) is 0 Å². The molecule has 0 atom stereocenters. The molecule has 6 nitrogen and oxygen atoms in total. The summed E-state index contributed by atoms with van der Waals surface area (Å²) in [6, 6.07) is 10.9. The lowest BCUT2D eigenvalue weighted by atomic mass is 10.2. The van der Waals surface area contributed by atoms with E-state index < -0.39 is 0 Å². The monoisotopic (exact) mass is 351 g/mol. The number of carbonyl (C=O) groups is 1. The number of nitrogens with two attached hydrogens (primary N) is 1. The van der Waals surface area contributed by atoms with E-state index in [1.165, 1.54) is 0 Å². The fraction of sp³-hybridized carbons (Fsp3) is 0.294. The molecule has 0 unspecified atom stereocenters. The van der Waals surface area contributed by atoms with E-state index in [0.29, 0.717) is 37.7 Å². The molecule has 0 fully saturated rings. The Kier molecular flexibility index (Phi) is 8.60. The Labute approximate surface area is 147 Å². The number of amides is 1. The van der Waals surface area contributed by atoms with Crippen LogP contribution < -0.4 is 20.5 Å². The maximum atomic E-state index is 11.4. The normalized spacial score (nSPS) is 9.75. The van der Waals surface area contributed by atoms with Crippen LogP contribution >= 0.6 is 12.4 Å². The number of halogens is 1. The molecule has 1 aromatic heterocycles. The summed E-state index contributed by atoms with van der Waals surface area (Å²) in [5.74, 6) is 1.87. The van der Waals surface area contributed by atoms with Gasteiger partial charge in [-0.3, -0.25) is 4.79 Å². The zero-order valence-electron chi connectivity index (χ0n) is 13.5. The van der Waals surface area contributed by atoms with E-state index in [0.717, 1.165) is 11.3 Å². The van der Waals surface area contributed by atoms with Gasteiger partial charge in [0, 0.05) is 31.8 Å². The molecule has 2 rings (SSSR count). The minimum Gasteiger partial charge on any atom is -0.494 e. The van der Waals surface area contributed by atoms with E-state index in [-0.39, 0.29) is 18.3 Å². The second-order valence-electron chi connectivity index (χ2n) is 4.82. The van der Waals surface area contributed by atoms with E-state index in [2.05, 4.69) is 10.3 Å². The highest BCUT2D eigenvalue weighted by Gasteiger charge is 2.03. The van der Waals surface area contributed by atoms with E-state index in [9.17, 15) is 4.79 Å². The molecule has 24 heavy (non-hydrogen) atoms. The van der Waals surface area contributed by atoms with Gasteiger partial charge in [-0.05, 0) is 42.8 Å². The Morgan fingerprint density at radius 2 is 1.92 bits per heavy atom. The average molecular weight is 352 g/mol. The zero-order valence-corrected chi connectivity index (χ0v) is 14.3. The van der Waals surface area contributed by atoms with E-state index in [1.807, 2.05) is 37.3 Å². The first-order valence-corrected chi connectivity index (χ1v) is 7.53. The molecule has 0 saturated heterocycles. The van der Waals surface area contributed by atoms with Crippen LogP contribution in [0.4, 0.5) is 0 Å². The number of aromatic nitrogens is 1. The number of ether oxygens (including phenoxy) is 2. The van der Waals surface area contributed by atoms with Crippen molar-refractivity contribution < 1.29 is 14.3 Å². The van der Waals surface area contributed by atoms with Gasteiger partial charge in [0.15, 0.2) is 0 Å². The molecule has 0 aliphatic heterocycles. The number of hydrogen-bond donors (Lipinski definition) is 2. The minimum absolute atomic E-state index is 0. The molecule has 130 valence electrons. The number of benzene rings is 1. The zero-order chi connectivity index (χ0) is 16.5. The Hall–Kier alpha value is -2.31. The van der Waals surface area contributed by atoms with Crippen LogP contribution in [-0.2, 0) is 11.3 Å². The molecule has 7 heteroatoms. The topological polar surface area (TPSA) is 86.5 Å². The van der Waals surface area contributed by atoms with Gasteiger partial charge in [0.05, 0.1) is 6.61 Å². The first-order valence-electron chi connectivity index (χ1n) is 7.53. The average Bonchev–Trinajstić information content (AvgIpc) is 2.56. The molecular weight excluding hydrogens is 330 g/mol. The third kappa shape index (κ3) is 6.44. The summed E-state index contributed by atoms with van der Waals surface area (Å²) < 4.78 is 11.1. The summed E-state index contributed by atoms with van der Waals surface area (Å²) in [5, 5.41) is 2.79. The van der Waals surface area contributed by atoms with Gasteiger partial charge >= 0.3 is 0 Å². The van der Waals surface area contributed by atoms with Crippen LogP contribution in [0.1, 0.15) is 18.9 Å². The van der Waals surface area contributed by atoms with Crippen molar-refractivity contribution in [2.45, 2.75) is 19.9 Å². The molecule has 2 aromatic rings. The van der Waals surface area contributed by atoms with Crippen molar-refractivity contribution in [1.29, 1.82) is 0 Å². The lowest BCUT2D eigenvalue weighted by Crippen LogP contribution is -2.24. The van der Waals surface area contributed by atoms with Crippen molar-refractivity contribution in [3.05, 3.63) is 48.2 Å². The molecule has 0 saturated carbocycles. The Bertz CT molecular complexity index is 635. The Morgan fingerprint density at radius 3 is 2.58 bits per heavy atom.